The first-order valence-electron chi connectivity index (χ1n) is 7.16. The van der Waals surface area contributed by atoms with Crippen LogP contribution in [-0.2, 0) is 14.3 Å². The summed E-state index contributed by atoms with van der Waals surface area (Å²) in [5, 5.41) is 4.69. The Kier molecular flexibility index (Phi) is 3.98. The second-order valence-electron chi connectivity index (χ2n) is 5.86. The van der Waals surface area contributed by atoms with Crippen molar-refractivity contribution in [2.45, 2.75) is 17.7 Å². The van der Waals surface area contributed by atoms with Crippen LogP contribution in [0.5, 0.6) is 0 Å². The van der Waals surface area contributed by atoms with E-state index in [2.05, 4.69) is 5.32 Å². The lowest BCUT2D eigenvalue weighted by atomic mass is 10.1. The van der Waals surface area contributed by atoms with Crippen LogP contribution in [0.25, 0.3) is 10.8 Å². The van der Waals surface area contributed by atoms with E-state index < -0.39 is 21.6 Å². The number of hydrogen-bond acceptors (Lipinski definition) is 3. The van der Waals surface area contributed by atoms with Crippen molar-refractivity contribution < 1.29 is 14.3 Å². The maximum absolute atomic E-state index is 12.0. The molecule has 1 unspecified atom stereocenters. The van der Waals surface area contributed by atoms with E-state index in [0.29, 0.717) is 12.1 Å². The van der Waals surface area contributed by atoms with E-state index in [1.54, 1.807) is 13.0 Å². The Labute approximate surface area is 143 Å². The number of rotatable bonds is 4. The Morgan fingerprint density at radius 3 is 2.52 bits per heavy atom. The number of ether oxygens (including phenoxy) is 1. The van der Waals surface area contributed by atoms with Crippen LogP contribution < -0.4 is 5.32 Å². The maximum atomic E-state index is 12.0. The van der Waals surface area contributed by atoms with Crippen LogP contribution in [0, 0.1) is 5.41 Å². The van der Waals surface area contributed by atoms with Gasteiger partial charge in [-0.3, -0.25) is 9.59 Å². The molecule has 3 rings (SSSR count). The quantitative estimate of drug-likeness (QED) is 0.671. The van der Waals surface area contributed by atoms with Crippen LogP contribution in [-0.4, -0.2) is 22.8 Å². The zero-order valence-corrected chi connectivity index (χ0v) is 13.9. The second kappa shape index (κ2) is 5.69. The summed E-state index contributed by atoms with van der Waals surface area (Å²) >= 11 is 11.8. The van der Waals surface area contributed by atoms with E-state index in [4.69, 9.17) is 27.9 Å². The highest BCUT2D eigenvalue weighted by atomic mass is 35.5. The van der Waals surface area contributed by atoms with Crippen LogP contribution in [0.3, 0.4) is 0 Å². The van der Waals surface area contributed by atoms with Crippen molar-refractivity contribution in [1.82, 2.24) is 0 Å². The molecule has 0 bridgehead atoms. The fraction of sp³-hybridized carbons (Fsp3) is 0.294. The van der Waals surface area contributed by atoms with Gasteiger partial charge in [0.2, 0.25) is 0 Å². The maximum Gasteiger partial charge on any atom is 0.315 e. The predicted molar refractivity (Wildman–Crippen MR) is 90.7 cm³/mol. The Hall–Kier alpha value is -1.78. The van der Waals surface area contributed by atoms with Crippen LogP contribution >= 0.6 is 23.2 Å². The molecule has 1 fully saturated rings. The summed E-state index contributed by atoms with van der Waals surface area (Å²) in [5.41, 5.74) is -0.263. The van der Waals surface area contributed by atoms with E-state index in [1.807, 2.05) is 36.4 Å². The summed E-state index contributed by atoms with van der Waals surface area (Å²) in [6, 6.07) is 13.3. The SMILES string of the molecule is CC1(C(=O)OCC(=O)Nc2cccc3ccccc23)CC1(Cl)Cl. The van der Waals surface area contributed by atoms with Crippen LogP contribution in [0.4, 0.5) is 5.69 Å². The number of hydrogen-bond donors (Lipinski definition) is 1. The highest BCUT2D eigenvalue weighted by molar-refractivity contribution is 6.53. The van der Waals surface area contributed by atoms with Gasteiger partial charge in [0.1, 0.15) is 9.75 Å². The summed E-state index contributed by atoms with van der Waals surface area (Å²) in [6.45, 7) is 1.25. The molecule has 0 heterocycles. The molecule has 1 amide bonds. The van der Waals surface area contributed by atoms with Crippen molar-refractivity contribution in [2.24, 2.45) is 5.41 Å². The molecule has 120 valence electrons. The molecule has 0 aliphatic heterocycles. The van der Waals surface area contributed by atoms with Crippen molar-refractivity contribution >= 4 is 51.5 Å². The molecular formula is C17H15Cl2NO3. The zero-order valence-electron chi connectivity index (χ0n) is 12.4. The van der Waals surface area contributed by atoms with Gasteiger partial charge in [0.25, 0.3) is 5.91 Å². The first-order valence-corrected chi connectivity index (χ1v) is 7.92. The highest BCUT2D eigenvalue weighted by Gasteiger charge is 2.69. The molecule has 1 atom stereocenters. The fourth-order valence-electron chi connectivity index (χ4n) is 2.43. The van der Waals surface area contributed by atoms with E-state index in [0.717, 1.165) is 10.8 Å². The number of anilines is 1. The molecule has 2 aromatic carbocycles. The largest absolute Gasteiger partial charge is 0.455 e. The van der Waals surface area contributed by atoms with Gasteiger partial charge in [-0.05, 0) is 18.4 Å². The highest BCUT2D eigenvalue weighted by Crippen LogP contribution is 2.64. The van der Waals surface area contributed by atoms with E-state index >= 15 is 0 Å². The molecule has 1 aliphatic carbocycles. The first-order chi connectivity index (χ1) is 10.8. The Morgan fingerprint density at radius 1 is 1.17 bits per heavy atom. The normalized spacial score (nSPS) is 21.7. The fourth-order valence-corrected chi connectivity index (χ4v) is 3.12. The Morgan fingerprint density at radius 2 is 1.83 bits per heavy atom. The van der Waals surface area contributed by atoms with E-state index in [-0.39, 0.29) is 6.61 Å². The molecule has 0 aromatic heterocycles. The summed E-state index contributed by atoms with van der Waals surface area (Å²) in [7, 11) is 0. The standard InChI is InChI=1S/C17H15Cl2NO3/c1-16(10-17(16,18)19)15(22)23-9-14(21)20-13-8-4-6-11-5-2-3-7-12(11)13/h2-8H,9-10H2,1H3,(H,20,21). The van der Waals surface area contributed by atoms with Crippen molar-refractivity contribution in [2.75, 3.05) is 11.9 Å². The van der Waals surface area contributed by atoms with E-state index in [9.17, 15) is 9.59 Å². The molecule has 2 aromatic rings. The van der Waals surface area contributed by atoms with Crippen LogP contribution in [0.15, 0.2) is 42.5 Å². The van der Waals surface area contributed by atoms with Gasteiger partial charge in [0.05, 0.1) is 0 Å². The summed E-state index contributed by atoms with van der Waals surface area (Å²) in [6.07, 6.45) is 0.326. The van der Waals surface area contributed by atoms with Crippen molar-refractivity contribution in [3.05, 3.63) is 42.5 Å². The van der Waals surface area contributed by atoms with Gasteiger partial charge < -0.3 is 10.1 Å². The summed E-state index contributed by atoms with van der Waals surface area (Å²) in [4.78, 5) is 24.0. The van der Waals surface area contributed by atoms with Gasteiger partial charge >= 0.3 is 5.97 Å². The number of carbonyl (C=O) groups excluding carboxylic acids is 2. The lowest BCUT2D eigenvalue weighted by molar-refractivity contribution is -0.152. The molecule has 1 saturated carbocycles. The average molecular weight is 352 g/mol. The number of carbonyl (C=O) groups is 2. The number of amides is 1. The van der Waals surface area contributed by atoms with Crippen molar-refractivity contribution in [3.63, 3.8) is 0 Å². The minimum Gasteiger partial charge on any atom is -0.455 e. The van der Waals surface area contributed by atoms with Gasteiger partial charge in [-0.15, -0.1) is 23.2 Å². The number of fused-ring (bicyclic) bond motifs is 1. The number of benzene rings is 2. The van der Waals surface area contributed by atoms with Gasteiger partial charge in [-0.25, -0.2) is 0 Å². The molecule has 4 nitrogen and oxygen atoms in total. The van der Waals surface area contributed by atoms with Gasteiger partial charge in [-0.1, -0.05) is 36.4 Å². The number of esters is 1. The summed E-state index contributed by atoms with van der Waals surface area (Å²) in [5.74, 6) is -0.968. The number of nitrogens with one attached hydrogen (secondary N) is 1. The smallest absolute Gasteiger partial charge is 0.315 e. The molecular weight excluding hydrogens is 337 g/mol. The monoisotopic (exact) mass is 351 g/mol. The van der Waals surface area contributed by atoms with Gasteiger partial charge in [0, 0.05) is 17.5 Å². The Bertz CT molecular complexity index is 785. The minimum absolute atomic E-state index is 0.326. The second-order valence-corrected chi connectivity index (χ2v) is 7.35. The third-order valence-corrected chi connectivity index (χ3v) is 5.21. The van der Waals surface area contributed by atoms with Gasteiger partial charge in [-0.2, -0.15) is 0 Å². The topological polar surface area (TPSA) is 55.4 Å². The summed E-state index contributed by atoms with van der Waals surface area (Å²) < 4.78 is 3.93. The third kappa shape index (κ3) is 3.01. The minimum atomic E-state index is -1.10. The lowest BCUT2D eigenvalue weighted by Crippen LogP contribution is -2.26. The molecule has 23 heavy (non-hydrogen) atoms. The molecule has 6 heteroatoms. The average Bonchev–Trinajstić information content (AvgIpc) is 3.05. The van der Waals surface area contributed by atoms with Crippen molar-refractivity contribution in [3.8, 4) is 0 Å². The molecule has 1 aliphatic rings. The number of halogens is 2. The molecule has 0 saturated heterocycles. The van der Waals surface area contributed by atoms with Gasteiger partial charge in [0.15, 0.2) is 6.61 Å². The third-order valence-electron chi connectivity index (χ3n) is 4.11. The lowest BCUT2D eigenvalue weighted by Gasteiger charge is -2.12. The molecule has 1 N–H and O–H groups in total. The van der Waals surface area contributed by atoms with Crippen LogP contribution in [0.1, 0.15) is 13.3 Å². The Balaban J connectivity index is 1.63. The van der Waals surface area contributed by atoms with Crippen LogP contribution in [0.2, 0.25) is 0 Å². The first kappa shape index (κ1) is 16.1. The predicted octanol–water partition coefficient (Wildman–Crippen LogP) is 3.91. The zero-order chi connectivity index (χ0) is 16.7. The number of alkyl halides is 2. The molecule has 0 radical (unpaired) electrons. The van der Waals surface area contributed by atoms with Crippen molar-refractivity contribution in [1.29, 1.82) is 0 Å². The van der Waals surface area contributed by atoms with E-state index in [1.165, 1.54) is 0 Å². The molecule has 0 spiro atoms.